The largest absolute Gasteiger partial charge is 0.366 e. The van der Waals surface area contributed by atoms with Crippen LogP contribution < -0.4 is 16.0 Å². The molecule has 25 heavy (non-hydrogen) atoms. The summed E-state index contributed by atoms with van der Waals surface area (Å²) >= 11 is 0. The second kappa shape index (κ2) is 6.48. The Morgan fingerprint density at radius 1 is 1.04 bits per heavy atom. The van der Waals surface area contributed by atoms with Gasteiger partial charge in [-0.1, -0.05) is 42.5 Å². The quantitative estimate of drug-likeness (QED) is 0.785. The van der Waals surface area contributed by atoms with Crippen molar-refractivity contribution in [1.29, 1.82) is 0 Å². The predicted molar refractivity (Wildman–Crippen MR) is 102 cm³/mol. The van der Waals surface area contributed by atoms with Crippen LogP contribution in [0.1, 0.15) is 18.1 Å². The third-order valence-corrected chi connectivity index (χ3v) is 4.69. The Morgan fingerprint density at radius 2 is 1.92 bits per heavy atom. The first-order chi connectivity index (χ1) is 12.2. The van der Waals surface area contributed by atoms with Gasteiger partial charge in [-0.05, 0) is 42.0 Å². The van der Waals surface area contributed by atoms with Crippen molar-refractivity contribution in [1.82, 2.24) is 15.6 Å². The lowest BCUT2D eigenvalue weighted by Crippen LogP contribution is -2.49. The molecule has 0 spiro atoms. The lowest BCUT2D eigenvalue weighted by Gasteiger charge is -2.30. The number of hydrogen-bond acceptors (Lipinski definition) is 4. The second-order valence-electron chi connectivity index (χ2n) is 6.59. The molecule has 0 radical (unpaired) electrons. The Kier molecular flexibility index (Phi) is 4.02. The number of nitrogens with zero attached hydrogens (tertiary/aromatic N) is 1. The fraction of sp³-hybridized carbons (Fsp3) is 0.190. The molecule has 0 amide bonds. The molecular formula is C21H22N4. The van der Waals surface area contributed by atoms with E-state index in [1.807, 2.05) is 30.6 Å². The Labute approximate surface area is 148 Å². The predicted octanol–water partition coefficient (Wildman–Crippen LogP) is 3.48. The molecule has 4 heteroatoms. The van der Waals surface area contributed by atoms with Crippen LogP contribution in [0.25, 0.3) is 0 Å². The van der Waals surface area contributed by atoms with E-state index >= 15 is 0 Å². The molecule has 1 unspecified atom stereocenters. The Hall–Kier alpha value is -3.01. The number of aromatic nitrogens is 1. The molecule has 0 fully saturated rings. The first-order valence-corrected chi connectivity index (χ1v) is 8.58. The summed E-state index contributed by atoms with van der Waals surface area (Å²) < 4.78 is 0. The lowest BCUT2D eigenvalue weighted by atomic mass is 9.92. The smallest absolute Gasteiger partial charge is 0.131 e. The van der Waals surface area contributed by atoms with Crippen molar-refractivity contribution >= 4 is 5.82 Å². The lowest BCUT2D eigenvalue weighted by molar-refractivity contribution is 0.441. The van der Waals surface area contributed by atoms with Crippen LogP contribution in [-0.4, -0.2) is 10.6 Å². The van der Waals surface area contributed by atoms with Crippen LogP contribution in [0.4, 0.5) is 5.82 Å². The molecule has 3 N–H and O–H groups in total. The molecule has 1 aromatic carbocycles. The molecule has 4 nitrogen and oxygen atoms in total. The van der Waals surface area contributed by atoms with Gasteiger partial charge in [-0.15, -0.1) is 0 Å². The second-order valence-corrected chi connectivity index (χ2v) is 6.59. The van der Waals surface area contributed by atoms with Crippen molar-refractivity contribution in [2.45, 2.75) is 25.6 Å². The number of nitrogens with one attached hydrogen (secondary N) is 3. The van der Waals surface area contributed by atoms with E-state index in [1.165, 1.54) is 22.3 Å². The summed E-state index contributed by atoms with van der Waals surface area (Å²) in [5.41, 5.74) is 4.86. The van der Waals surface area contributed by atoms with Crippen molar-refractivity contribution in [2.24, 2.45) is 0 Å². The van der Waals surface area contributed by atoms with Crippen molar-refractivity contribution < 1.29 is 0 Å². The summed E-state index contributed by atoms with van der Waals surface area (Å²) in [4.78, 5) is 4.55. The molecule has 0 bridgehead atoms. The Balaban J connectivity index is 1.40. The summed E-state index contributed by atoms with van der Waals surface area (Å²) in [5.74, 6) is 0.900. The van der Waals surface area contributed by atoms with Gasteiger partial charge >= 0.3 is 0 Å². The van der Waals surface area contributed by atoms with Gasteiger partial charge in [0.05, 0.1) is 0 Å². The summed E-state index contributed by atoms with van der Waals surface area (Å²) in [6.45, 7) is 2.94. The molecule has 2 aliphatic rings. The summed E-state index contributed by atoms with van der Waals surface area (Å²) in [6, 6.07) is 14.5. The highest BCUT2D eigenvalue weighted by atomic mass is 15.2. The third kappa shape index (κ3) is 3.29. The zero-order valence-electron chi connectivity index (χ0n) is 14.3. The maximum Gasteiger partial charge on any atom is 0.131 e. The standard InChI is InChI=1S/C21H22N4/c1-21-19(8-5-11-24-21)18(15-25-21)12-17-9-10-20(23-14-17)22-13-16-6-3-2-4-7-16/h2-11,14-15,24-25H,12-13H2,1H3,(H,22,23). The topological polar surface area (TPSA) is 49.0 Å². The van der Waals surface area contributed by atoms with Gasteiger partial charge in [-0.25, -0.2) is 4.98 Å². The number of pyridine rings is 1. The van der Waals surface area contributed by atoms with Gasteiger partial charge in [-0.2, -0.15) is 0 Å². The summed E-state index contributed by atoms with van der Waals surface area (Å²) in [5, 5.41) is 10.2. The van der Waals surface area contributed by atoms with E-state index in [2.05, 4.69) is 70.5 Å². The summed E-state index contributed by atoms with van der Waals surface area (Å²) in [7, 11) is 0. The molecule has 0 saturated carbocycles. The van der Waals surface area contributed by atoms with Crippen molar-refractivity contribution in [3.8, 4) is 0 Å². The van der Waals surface area contributed by atoms with Crippen molar-refractivity contribution in [2.75, 3.05) is 5.32 Å². The van der Waals surface area contributed by atoms with Crippen LogP contribution in [-0.2, 0) is 13.0 Å². The van der Waals surface area contributed by atoms with Gasteiger partial charge in [-0.3, -0.25) is 0 Å². The minimum atomic E-state index is -0.186. The van der Waals surface area contributed by atoms with Gasteiger partial charge in [0.1, 0.15) is 11.5 Å². The number of dihydropyridines is 1. The molecule has 1 aromatic heterocycles. The van der Waals surface area contributed by atoms with Gasteiger partial charge in [0, 0.05) is 30.9 Å². The molecular weight excluding hydrogens is 308 g/mol. The molecule has 2 aliphatic heterocycles. The van der Waals surface area contributed by atoms with Crippen molar-refractivity contribution in [3.05, 3.63) is 95.5 Å². The number of anilines is 1. The van der Waals surface area contributed by atoms with E-state index in [0.717, 1.165) is 18.8 Å². The molecule has 0 saturated heterocycles. The number of fused-ring (bicyclic) bond motifs is 1. The molecule has 3 heterocycles. The number of hydrogen-bond donors (Lipinski definition) is 3. The van der Waals surface area contributed by atoms with Crippen LogP contribution in [0.3, 0.4) is 0 Å². The highest BCUT2D eigenvalue weighted by Crippen LogP contribution is 2.31. The van der Waals surface area contributed by atoms with E-state index in [0.29, 0.717) is 0 Å². The van der Waals surface area contributed by atoms with Gasteiger partial charge in [0.2, 0.25) is 0 Å². The minimum absolute atomic E-state index is 0.186. The SMILES string of the molecule is CC12NC=CC=C1C(Cc1ccc(NCc3ccccc3)nc1)=CN2. The average Bonchev–Trinajstić information content (AvgIpc) is 2.98. The molecule has 1 atom stereocenters. The van der Waals surface area contributed by atoms with Crippen molar-refractivity contribution in [3.63, 3.8) is 0 Å². The summed E-state index contributed by atoms with van der Waals surface area (Å²) in [6.07, 6.45) is 11.1. The van der Waals surface area contributed by atoms with Crippen LogP contribution >= 0.6 is 0 Å². The van der Waals surface area contributed by atoms with Gasteiger partial charge < -0.3 is 16.0 Å². The van der Waals surface area contributed by atoms with E-state index in [4.69, 9.17) is 0 Å². The Morgan fingerprint density at radius 3 is 2.72 bits per heavy atom. The number of allylic oxidation sites excluding steroid dienone is 2. The first kappa shape index (κ1) is 15.5. The fourth-order valence-electron chi connectivity index (χ4n) is 3.25. The highest BCUT2D eigenvalue weighted by molar-refractivity contribution is 5.50. The zero-order chi connectivity index (χ0) is 17.1. The minimum Gasteiger partial charge on any atom is -0.366 e. The first-order valence-electron chi connectivity index (χ1n) is 8.58. The fourth-order valence-corrected chi connectivity index (χ4v) is 3.25. The monoisotopic (exact) mass is 330 g/mol. The molecule has 0 aliphatic carbocycles. The molecule has 126 valence electrons. The molecule has 4 rings (SSSR count). The van der Waals surface area contributed by atoms with Crippen LogP contribution in [0.2, 0.25) is 0 Å². The van der Waals surface area contributed by atoms with E-state index in [-0.39, 0.29) is 5.66 Å². The normalized spacial score (nSPS) is 20.8. The van der Waals surface area contributed by atoms with Crippen LogP contribution in [0, 0.1) is 0 Å². The number of benzene rings is 1. The Bertz CT molecular complexity index is 834. The highest BCUT2D eigenvalue weighted by Gasteiger charge is 2.34. The van der Waals surface area contributed by atoms with E-state index < -0.39 is 0 Å². The van der Waals surface area contributed by atoms with Crippen LogP contribution in [0.15, 0.2) is 84.4 Å². The van der Waals surface area contributed by atoms with E-state index in [9.17, 15) is 0 Å². The maximum absolute atomic E-state index is 4.55. The average molecular weight is 330 g/mol. The molecule has 2 aromatic rings. The van der Waals surface area contributed by atoms with Gasteiger partial charge in [0.15, 0.2) is 0 Å². The van der Waals surface area contributed by atoms with E-state index in [1.54, 1.807) is 0 Å². The third-order valence-electron chi connectivity index (χ3n) is 4.69. The number of rotatable bonds is 5. The van der Waals surface area contributed by atoms with Gasteiger partial charge in [0.25, 0.3) is 0 Å². The van der Waals surface area contributed by atoms with Crippen LogP contribution in [0.5, 0.6) is 0 Å². The maximum atomic E-state index is 4.55. The zero-order valence-corrected chi connectivity index (χ0v) is 14.3.